The van der Waals surface area contributed by atoms with Gasteiger partial charge in [0, 0.05) is 37.4 Å². The first-order valence-corrected chi connectivity index (χ1v) is 6.49. The van der Waals surface area contributed by atoms with E-state index in [0.717, 1.165) is 17.8 Å². The van der Waals surface area contributed by atoms with Gasteiger partial charge in [-0.1, -0.05) is 0 Å². The number of aromatic nitrogens is 2. The third-order valence-electron chi connectivity index (χ3n) is 2.77. The summed E-state index contributed by atoms with van der Waals surface area (Å²) in [5.41, 5.74) is 1.51. The maximum absolute atomic E-state index is 10.7. The van der Waals surface area contributed by atoms with E-state index in [0.29, 0.717) is 18.2 Å². The molecule has 0 atom stereocenters. The SMILES string of the molecule is CCNc1cc(COC)nc(-c2ccc([N+](=O)[O-])cc2)n1. The molecule has 0 bridgehead atoms. The number of anilines is 1. The van der Waals surface area contributed by atoms with Crippen LogP contribution in [0.2, 0.25) is 0 Å². The number of nitro benzene ring substituents is 1. The maximum Gasteiger partial charge on any atom is 0.269 e. The first-order chi connectivity index (χ1) is 10.1. The Balaban J connectivity index is 2.38. The lowest BCUT2D eigenvalue weighted by Crippen LogP contribution is -2.04. The molecule has 2 aromatic rings. The average molecular weight is 288 g/mol. The van der Waals surface area contributed by atoms with Crippen molar-refractivity contribution >= 4 is 11.5 Å². The molecule has 0 amide bonds. The lowest BCUT2D eigenvalue weighted by atomic mass is 10.2. The molecule has 0 saturated carbocycles. The van der Waals surface area contributed by atoms with Crippen molar-refractivity contribution in [3.05, 3.63) is 46.1 Å². The Bertz CT molecular complexity index is 604. The van der Waals surface area contributed by atoms with Crippen LogP contribution in [0.1, 0.15) is 12.6 Å². The fourth-order valence-corrected chi connectivity index (χ4v) is 1.85. The van der Waals surface area contributed by atoms with Gasteiger partial charge in [-0.2, -0.15) is 0 Å². The van der Waals surface area contributed by atoms with Crippen LogP contribution in [-0.2, 0) is 11.3 Å². The molecule has 110 valence electrons. The molecule has 0 aliphatic carbocycles. The van der Waals surface area contributed by atoms with Crippen molar-refractivity contribution in [2.45, 2.75) is 13.5 Å². The van der Waals surface area contributed by atoms with Gasteiger partial charge in [0.1, 0.15) is 5.82 Å². The Morgan fingerprint density at radius 2 is 2.00 bits per heavy atom. The van der Waals surface area contributed by atoms with Gasteiger partial charge < -0.3 is 10.1 Å². The molecule has 1 aromatic heterocycles. The molecule has 1 N–H and O–H groups in total. The highest BCUT2D eigenvalue weighted by atomic mass is 16.6. The molecule has 2 rings (SSSR count). The largest absolute Gasteiger partial charge is 0.378 e. The van der Waals surface area contributed by atoms with E-state index >= 15 is 0 Å². The number of methoxy groups -OCH3 is 1. The van der Waals surface area contributed by atoms with E-state index in [1.54, 1.807) is 19.2 Å². The summed E-state index contributed by atoms with van der Waals surface area (Å²) in [7, 11) is 1.60. The summed E-state index contributed by atoms with van der Waals surface area (Å²) >= 11 is 0. The molecule has 0 aliphatic heterocycles. The van der Waals surface area contributed by atoms with Crippen LogP contribution in [0.4, 0.5) is 11.5 Å². The summed E-state index contributed by atoms with van der Waals surface area (Å²) in [6, 6.07) is 7.98. The van der Waals surface area contributed by atoms with Crippen LogP contribution in [0.25, 0.3) is 11.4 Å². The second kappa shape index (κ2) is 6.76. The number of non-ortho nitro benzene ring substituents is 1. The van der Waals surface area contributed by atoms with E-state index in [1.807, 2.05) is 13.0 Å². The van der Waals surface area contributed by atoms with E-state index in [2.05, 4.69) is 15.3 Å². The normalized spacial score (nSPS) is 10.4. The van der Waals surface area contributed by atoms with E-state index < -0.39 is 4.92 Å². The van der Waals surface area contributed by atoms with Crippen molar-refractivity contribution in [2.24, 2.45) is 0 Å². The Labute approximate surface area is 122 Å². The number of ether oxygens (including phenoxy) is 1. The number of nitrogens with one attached hydrogen (secondary N) is 1. The zero-order valence-electron chi connectivity index (χ0n) is 11.9. The van der Waals surface area contributed by atoms with Gasteiger partial charge in [0.2, 0.25) is 0 Å². The first kappa shape index (κ1) is 14.9. The Kier molecular flexibility index (Phi) is 4.78. The van der Waals surface area contributed by atoms with Gasteiger partial charge in [0.15, 0.2) is 5.82 Å². The summed E-state index contributed by atoms with van der Waals surface area (Å²) in [4.78, 5) is 19.0. The van der Waals surface area contributed by atoms with Crippen LogP contribution < -0.4 is 5.32 Å². The van der Waals surface area contributed by atoms with Crippen LogP contribution in [0.3, 0.4) is 0 Å². The quantitative estimate of drug-likeness (QED) is 0.649. The lowest BCUT2D eigenvalue weighted by molar-refractivity contribution is -0.384. The molecule has 0 aliphatic rings. The number of hydrogen-bond acceptors (Lipinski definition) is 6. The van der Waals surface area contributed by atoms with Gasteiger partial charge >= 0.3 is 0 Å². The van der Waals surface area contributed by atoms with Crippen molar-refractivity contribution in [1.29, 1.82) is 0 Å². The van der Waals surface area contributed by atoms with E-state index in [1.165, 1.54) is 12.1 Å². The van der Waals surface area contributed by atoms with Gasteiger partial charge in [-0.25, -0.2) is 9.97 Å². The minimum absolute atomic E-state index is 0.0405. The summed E-state index contributed by atoms with van der Waals surface area (Å²) in [6.45, 7) is 3.09. The third-order valence-corrected chi connectivity index (χ3v) is 2.77. The monoisotopic (exact) mass is 288 g/mol. The zero-order chi connectivity index (χ0) is 15.2. The Hall–Kier alpha value is -2.54. The van der Waals surface area contributed by atoms with Crippen molar-refractivity contribution in [3.8, 4) is 11.4 Å². The van der Waals surface area contributed by atoms with Gasteiger partial charge in [-0.05, 0) is 19.1 Å². The highest BCUT2D eigenvalue weighted by Crippen LogP contribution is 2.21. The number of benzene rings is 1. The van der Waals surface area contributed by atoms with E-state index in [9.17, 15) is 10.1 Å². The predicted molar refractivity (Wildman–Crippen MR) is 79.0 cm³/mol. The topological polar surface area (TPSA) is 90.2 Å². The zero-order valence-corrected chi connectivity index (χ0v) is 11.9. The van der Waals surface area contributed by atoms with Crippen LogP contribution in [-0.4, -0.2) is 28.5 Å². The van der Waals surface area contributed by atoms with E-state index in [-0.39, 0.29) is 5.69 Å². The first-order valence-electron chi connectivity index (χ1n) is 6.49. The van der Waals surface area contributed by atoms with Gasteiger partial charge in [-0.15, -0.1) is 0 Å². The van der Waals surface area contributed by atoms with Crippen LogP contribution in [0, 0.1) is 10.1 Å². The van der Waals surface area contributed by atoms with Crippen molar-refractivity contribution in [1.82, 2.24) is 9.97 Å². The smallest absolute Gasteiger partial charge is 0.269 e. The second-order valence-corrected chi connectivity index (χ2v) is 4.34. The predicted octanol–water partition coefficient (Wildman–Crippen LogP) is 2.63. The fourth-order valence-electron chi connectivity index (χ4n) is 1.85. The summed E-state index contributed by atoms with van der Waals surface area (Å²) in [5, 5.41) is 13.8. The Morgan fingerprint density at radius 3 is 2.57 bits per heavy atom. The molecule has 0 fully saturated rings. The summed E-state index contributed by atoms with van der Waals surface area (Å²) in [6.07, 6.45) is 0. The number of rotatable bonds is 6. The highest BCUT2D eigenvalue weighted by molar-refractivity contribution is 5.59. The van der Waals surface area contributed by atoms with Gasteiger partial charge in [0.05, 0.1) is 17.2 Å². The minimum Gasteiger partial charge on any atom is -0.378 e. The molecule has 21 heavy (non-hydrogen) atoms. The van der Waals surface area contributed by atoms with Gasteiger partial charge in [0.25, 0.3) is 5.69 Å². The molecule has 1 aromatic carbocycles. The average Bonchev–Trinajstić information content (AvgIpc) is 2.48. The molecule has 0 spiro atoms. The fraction of sp³-hybridized carbons (Fsp3) is 0.286. The van der Waals surface area contributed by atoms with Gasteiger partial charge in [-0.3, -0.25) is 10.1 Å². The van der Waals surface area contributed by atoms with Crippen molar-refractivity contribution in [2.75, 3.05) is 19.0 Å². The van der Waals surface area contributed by atoms with Crippen molar-refractivity contribution < 1.29 is 9.66 Å². The molecule has 1 heterocycles. The molecular weight excluding hydrogens is 272 g/mol. The molecule has 7 heteroatoms. The standard InChI is InChI=1S/C14H16N4O3/c1-3-15-13-8-11(9-21-2)16-14(17-13)10-4-6-12(7-5-10)18(19)20/h4-8H,3,9H2,1-2H3,(H,15,16,17). The maximum atomic E-state index is 10.7. The number of hydrogen-bond donors (Lipinski definition) is 1. The second-order valence-electron chi connectivity index (χ2n) is 4.34. The summed E-state index contributed by atoms with van der Waals surface area (Å²) in [5.74, 6) is 1.21. The number of nitro groups is 1. The molecule has 0 saturated heterocycles. The molecule has 0 radical (unpaired) electrons. The highest BCUT2D eigenvalue weighted by Gasteiger charge is 2.09. The van der Waals surface area contributed by atoms with Crippen LogP contribution in [0.5, 0.6) is 0 Å². The summed E-state index contributed by atoms with van der Waals surface area (Å²) < 4.78 is 5.10. The van der Waals surface area contributed by atoms with Crippen molar-refractivity contribution in [3.63, 3.8) is 0 Å². The molecule has 7 nitrogen and oxygen atoms in total. The third kappa shape index (κ3) is 3.73. The molecular formula is C14H16N4O3. The lowest BCUT2D eigenvalue weighted by Gasteiger charge is -2.08. The Morgan fingerprint density at radius 1 is 1.29 bits per heavy atom. The number of nitrogens with zero attached hydrogens (tertiary/aromatic N) is 3. The molecule has 0 unspecified atom stereocenters. The minimum atomic E-state index is -0.434. The van der Waals surface area contributed by atoms with E-state index in [4.69, 9.17) is 4.74 Å². The van der Waals surface area contributed by atoms with Crippen LogP contribution >= 0.6 is 0 Å². The van der Waals surface area contributed by atoms with Crippen LogP contribution in [0.15, 0.2) is 30.3 Å².